The number of halogens is 1. The summed E-state index contributed by atoms with van der Waals surface area (Å²) in [5.74, 6) is -0.167. The lowest BCUT2D eigenvalue weighted by Crippen LogP contribution is -2.40. The van der Waals surface area contributed by atoms with Gasteiger partial charge in [0.2, 0.25) is 5.95 Å². The third-order valence-electron chi connectivity index (χ3n) is 5.60. The molecular weight excluding hydrogens is 462 g/mol. The number of pyridine rings is 1. The van der Waals surface area contributed by atoms with Gasteiger partial charge in [0.15, 0.2) is 18.2 Å². The highest BCUT2D eigenvalue weighted by Crippen LogP contribution is 2.28. The Kier molecular flexibility index (Phi) is 7.18. The van der Waals surface area contributed by atoms with Gasteiger partial charge < -0.3 is 29.4 Å². The number of nitrogens with one attached hydrogen (secondary N) is 1. The van der Waals surface area contributed by atoms with Crippen LogP contribution in [0.25, 0.3) is 10.9 Å². The molecule has 0 aliphatic carbocycles. The number of ether oxygens (including phenoxy) is 2. The van der Waals surface area contributed by atoms with E-state index in [-0.39, 0.29) is 11.9 Å². The maximum atomic E-state index is 12.4. The summed E-state index contributed by atoms with van der Waals surface area (Å²) >= 11 is 6.37. The van der Waals surface area contributed by atoms with Crippen molar-refractivity contribution >= 4 is 45.9 Å². The highest BCUT2D eigenvalue weighted by Gasteiger charge is 2.23. The number of aliphatic carboxylic acids is 1. The monoisotopic (exact) mass is 487 g/mol. The van der Waals surface area contributed by atoms with E-state index in [1.807, 2.05) is 19.1 Å². The van der Waals surface area contributed by atoms with E-state index in [1.165, 1.54) is 10.6 Å². The number of carbonyl (C=O) groups is 1. The van der Waals surface area contributed by atoms with E-state index in [2.05, 4.69) is 20.2 Å². The minimum atomic E-state index is -1.16. The van der Waals surface area contributed by atoms with Gasteiger partial charge in [-0.3, -0.25) is 4.79 Å². The maximum Gasteiger partial charge on any atom is 0.341 e. The van der Waals surface area contributed by atoms with Crippen LogP contribution in [-0.2, 0) is 16.6 Å². The van der Waals surface area contributed by atoms with Gasteiger partial charge in [-0.1, -0.05) is 11.6 Å². The normalized spacial score (nSPS) is 16.0. The molecule has 1 saturated heterocycles. The van der Waals surface area contributed by atoms with Crippen LogP contribution in [-0.4, -0.2) is 58.0 Å². The van der Waals surface area contributed by atoms with Crippen LogP contribution in [0.1, 0.15) is 19.8 Å². The van der Waals surface area contributed by atoms with Crippen LogP contribution < -0.4 is 20.5 Å². The number of fused-ring (bicyclic) bond motifs is 1. The van der Waals surface area contributed by atoms with Crippen LogP contribution in [0, 0.1) is 0 Å². The molecule has 2 N–H and O–H groups in total. The van der Waals surface area contributed by atoms with Crippen LogP contribution >= 0.6 is 11.6 Å². The second-order valence-corrected chi connectivity index (χ2v) is 8.39. The number of hydrogen-bond donors (Lipinski definition) is 2. The highest BCUT2D eigenvalue weighted by atomic mass is 35.5. The summed E-state index contributed by atoms with van der Waals surface area (Å²) in [5, 5.41) is 13.1. The molecule has 3 aromatic rings. The molecule has 10 nitrogen and oxygen atoms in total. The summed E-state index contributed by atoms with van der Waals surface area (Å²) in [6.07, 6.45) is 3.73. The Balaban J connectivity index is 1.60. The van der Waals surface area contributed by atoms with Gasteiger partial charge in [-0.15, -0.1) is 0 Å². The standard InChI is InChI=1S/C23H26ClN5O5/c1-3-33-16-5-4-8-29(12-16)23-25-11-17(24)21(27-23)26-15-6-7-18-14(9-15)10-19(22(32)28(18)2)34-13-20(30)31/h6-7,9-11,16H,3-5,8,12-13H2,1-2H3,(H,30,31)(H,25,26,27). The zero-order valence-corrected chi connectivity index (χ0v) is 19.7. The van der Waals surface area contributed by atoms with Gasteiger partial charge >= 0.3 is 5.97 Å². The molecule has 11 heteroatoms. The van der Waals surface area contributed by atoms with Crippen LogP contribution in [0.15, 0.2) is 35.3 Å². The number of piperidine rings is 1. The van der Waals surface area contributed by atoms with E-state index in [9.17, 15) is 9.59 Å². The number of nitrogens with zero attached hydrogens (tertiary/aromatic N) is 4. The fourth-order valence-electron chi connectivity index (χ4n) is 4.00. The predicted octanol–water partition coefficient (Wildman–Crippen LogP) is 3.19. The molecule has 1 fully saturated rings. The maximum absolute atomic E-state index is 12.4. The number of aromatic nitrogens is 3. The summed E-state index contributed by atoms with van der Waals surface area (Å²) in [4.78, 5) is 34.4. The van der Waals surface area contributed by atoms with Gasteiger partial charge in [0.05, 0.1) is 17.8 Å². The third-order valence-corrected chi connectivity index (χ3v) is 5.88. The number of benzene rings is 1. The number of anilines is 3. The molecular formula is C23H26ClN5O5. The smallest absolute Gasteiger partial charge is 0.341 e. The molecule has 1 unspecified atom stereocenters. The summed E-state index contributed by atoms with van der Waals surface area (Å²) in [7, 11) is 1.60. The van der Waals surface area contributed by atoms with Crippen molar-refractivity contribution < 1.29 is 19.4 Å². The number of hydrogen-bond acceptors (Lipinski definition) is 8. The van der Waals surface area contributed by atoms with Crippen LogP contribution in [0.4, 0.5) is 17.5 Å². The first-order chi connectivity index (χ1) is 16.4. The Labute approximate surface area is 201 Å². The van der Waals surface area contributed by atoms with E-state index in [0.717, 1.165) is 25.9 Å². The van der Waals surface area contributed by atoms with Crippen molar-refractivity contribution in [3.63, 3.8) is 0 Å². The van der Waals surface area contributed by atoms with Gasteiger partial charge in [0.25, 0.3) is 5.56 Å². The molecule has 180 valence electrons. The minimum absolute atomic E-state index is 0.0362. The average Bonchev–Trinajstić information content (AvgIpc) is 2.82. The lowest BCUT2D eigenvalue weighted by molar-refractivity contribution is -0.139. The van der Waals surface area contributed by atoms with Crippen molar-refractivity contribution in [2.24, 2.45) is 7.05 Å². The number of aryl methyl sites for hydroxylation is 1. The van der Waals surface area contributed by atoms with Crippen molar-refractivity contribution in [1.29, 1.82) is 0 Å². The molecule has 0 spiro atoms. The molecule has 2 aromatic heterocycles. The largest absolute Gasteiger partial charge is 0.479 e. The zero-order chi connectivity index (χ0) is 24.2. The highest BCUT2D eigenvalue weighted by molar-refractivity contribution is 6.32. The topological polar surface area (TPSA) is 119 Å². The molecule has 34 heavy (non-hydrogen) atoms. The molecule has 4 rings (SSSR count). The van der Waals surface area contributed by atoms with Gasteiger partial charge in [-0.05, 0) is 44.0 Å². The van der Waals surface area contributed by atoms with Crippen molar-refractivity contribution in [1.82, 2.24) is 14.5 Å². The van der Waals surface area contributed by atoms with Gasteiger partial charge in [-0.25, -0.2) is 9.78 Å². The van der Waals surface area contributed by atoms with Gasteiger partial charge in [0.1, 0.15) is 5.02 Å². The van der Waals surface area contributed by atoms with E-state index in [0.29, 0.717) is 40.0 Å². The number of rotatable bonds is 8. The molecule has 1 aromatic carbocycles. The lowest BCUT2D eigenvalue weighted by Gasteiger charge is -2.32. The molecule has 0 radical (unpaired) electrons. The number of carboxylic acids is 1. The fourth-order valence-corrected chi connectivity index (χ4v) is 4.14. The molecule has 0 bridgehead atoms. The Hall–Kier alpha value is -3.37. The summed E-state index contributed by atoms with van der Waals surface area (Å²) < 4.78 is 12.4. The second kappa shape index (κ2) is 10.3. The van der Waals surface area contributed by atoms with E-state index in [4.69, 9.17) is 26.2 Å². The molecule has 0 saturated carbocycles. The van der Waals surface area contributed by atoms with E-state index in [1.54, 1.807) is 19.3 Å². The lowest BCUT2D eigenvalue weighted by atomic mass is 10.1. The minimum Gasteiger partial charge on any atom is -0.479 e. The predicted molar refractivity (Wildman–Crippen MR) is 130 cm³/mol. The van der Waals surface area contributed by atoms with Crippen molar-refractivity contribution in [3.05, 3.63) is 45.8 Å². The Morgan fingerprint density at radius 2 is 2.18 bits per heavy atom. The van der Waals surface area contributed by atoms with Gasteiger partial charge in [0, 0.05) is 37.8 Å². The molecule has 1 aliphatic heterocycles. The molecule has 3 heterocycles. The first kappa shape index (κ1) is 23.8. The van der Waals surface area contributed by atoms with E-state index >= 15 is 0 Å². The van der Waals surface area contributed by atoms with Crippen LogP contribution in [0.2, 0.25) is 5.02 Å². The van der Waals surface area contributed by atoms with Crippen LogP contribution in [0.3, 0.4) is 0 Å². The summed E-state index contributed by atoms with van der Waals surface area (Å²) in [6.45, 7) is 3.62. The first-order valence-electron chi connectivity index (χ1n) is 11.0. The summed E-state index contributed by atoms with van der Waals surface area (Å²) in [6, 6.07) is 6.93. The average molecular weight is 488 g/mol. The van der Waals surface area contributed by atoms with Crippen molar-refractivity contribution in [2.75, 3.05) is 36.5 Å². The fraction of sp³-hybridized carbons (Fsp3) is 0.391. The Bertz CT molecular complexity index is 1260. The molecule has 1 atom stereocenters. The second-order valence-electron chi connectivity index (χ2n) is 7.99. The first-order valence-corrected chi connectivity index (χ1v) is 11.4. The van der Waals surface area contributed by atoms with Crippen LogP contribution in [0.5, 0.6) is 5.75 Å². The quantitative estimate of drug-likeness (QED) is 0.493. The van der Waals surface area contributed by atoms with Crippen molar-refractivity contribution in [3.8, 4) is 5.75 Å². The van der Waals surface area contributed by atoms with E-state index < -0.39 is 18.1 Å². The SMILES string of the molecule is CCOC1CCCN(c2ncc(Cl)c(Nc3ccc4c(c3)cc(OCC(=O)O)c(=O)n4C)n2)C1. The van der Waals surface area contributed by atoms with Gasteiger partial charge in [-0.2, -0.15) is 4.98 Å². The number of carboxylic acid groups (broad SMARTS) is 1. The summed E-state index contributed by atoms with van der Waals surface area (Å²) in [5.41, 5.74) is 0.945. The molecule has 0 amide bonds. The Morgan fingerprint density at radius 1 is 1.35 bits per heavy atom. The van der Waals surface area contributed by atoms with Crippen molar-refractivity contribution in [2.45, 2.75) is 25.9 Å². The molecule has 1 aliphatic rings. The third kappa shape index (κ3) is 5.23. The Morgan fingerprint density at radius 3 is 2.94 bits per heavy atom. The zero-order valence-electron chi connectivity index (χ0n) is 19.0.